The van der Waals surface area contributed by atoms with E-state index in [2.05, 4.69) is 0 Å². The van der Waals surface area contributed by atoms with Crippen LogP contribution in [-0.2, 0) is 14.2 Å². The number of hydrogen-bond donors (Lipinski definition) is 1. The van der Waals surface area contributed by atoms with Crippen LogP contribution in [0.15, 0.2) is 48.5 Å². The van der Waals surface area contributed by atoms with Crippen molar-refractivity contribution in [2.45, 2.75) is 25.0 Å². The normalized spacial score (nSPS) is 19.7. The molecule has 2 aromatic carbocycles. The van der Waals surface area contributed by atoms with Gasteiger partial charge in [0.25, 0.3) is 0 Å². The first-order valence-corrected chi connectivity index (χ1v) is 9.38. The molecule has 9 heteroatoms. The Morgan fingerprint density at radius 3 is 1.90 bits per heavy atom. The Balaban J connectivity index is 0.000000262. The topological polar surface area (TPSA) is 101 Å². The molecular weight excluding hydrogens is 411 g/mol. The van der Waals surface area contributed by atoms with E-state index in [1.165, 1.54) is 26.4 Å². The van der Waals surface area contributed by atoms with Crippen LogP contribution in [0.25, 0.3) is 0 Å². The van der Waals surface area contributed by atoms with Crippen molar-refractivity contribution in [3.8, 4) is 11.5 Å². The number of ether oxygens (including phenoxy) is 5. The van der Waals surface area contributed by atoms with E-state index < -0.39 is 30.5 Å². The van der Waals surface area contributed by atoms with Crippen LogP contribution in [0.5, 0.6) is 11.5 Å². The van der Waals surface area contributed by atoms with Crippen LogP contribution in [0.3, 0.4) is 0 Å². The summed E-state index contributed by atoms with van der Waals surface area (Å²) in [6.45, 7) is 0.00510. The van der Waals surface area contributed by atoms with Gasteiger partial charge in [-0.25, -0.2) is 14.0 Å². The fraction of sp³-hybridized carbons (Fsp3) is 0.364. The highest BCUT2D eigenvalue weighted by Gasteiger charge is 2.36. The summed E-state index contributed by atoms with van der Waals surface area (Å²) >= 11 is 0. The first-order chi connectivity index (χ1) is 14.9. The average molecular weight is 436 g/mol. The molecule has 0 bridgehead atoms. The molecule has 0 saturated carbocycles. The van der Waals surface area contributed by atoms with Crippen LogP contribution in [0.4, 0.5) is 4.39 Å². The Labute approximate surface area is 179 Å². The van der Waals surface area contributed by atoms with E-state index in [9.17, 15) is 14.0 Å². The third-order valence-electron chi connectivity index (χ3n) is 4.41. The number of esters is 1. The lowest BCUT2D eigenvalue weighted by atomic mass is 10.2. The predicted octanol–water partition coefficient (Wildman–Crippen LogP) is 3.34. The fourth-order valence-corrected chi connectivity index (χ4v) is 2.72. The Kier molecular flexibility index (Phi) is 9.23. The molecular formula is C22H25FO8. The van der Waals surface area contributed by atoms with E-state index in [0.717, 1.165) is 0 Å². The average Bonchev–Trinajstić information content (AvgIpc) is 3.17. The lowest BCUT2D eigenvalue weighted by Gasteiger charge is -2.12. The molecule has 0 radical (unpaired) electrons. The van der Waals surface area contributed by atoms with Crippen LogP contribution < -0.4 is 9.47 Å². The number of carbonyl (C=O) groups is 2. The first-order valence-electron chi connectivity index (χ1n) is 9.38. The monoisotopic (exact) mass is 436 g/mol. The van der Waals surface area contributed by atoms with E-state index in [1.807, 2.05) is 0 Å². The zero-order valence-electron chi connectivity index (χ0n) is 17.4. The number of benzene rings is 2. The van der Waals surface area contributed by atoms with Gasteiger partial charge in [-0.05, 0) is 48.5 Å². The summed E-state index contributed by atoms with van der Waals surface area (Å²) in [4.78, 5) is 22.1. The van der Waals surface area contributed by atoms with Gasteiger partial charge in [-0.15, -0.1) is 0 Å². The molecule has 2 aromatic rings. The lowest BCUT2D eigenvalue weighted by Crippen LogP contribution is -2.21. The summed E-state index contributed by atoms with van der Waals surface area (Å²) in [6.07, 6.45) is -2.38. The Bertz CT molecular complexity index is 838. The van der Waals surface area contributed by atoms with Gasteiger partial charge in [0.05, 0.1) is 31.5 Å². The van der Waals surface area contributed by atoms with Crippen LogP contribution in [0, 0.1) is 0 Å². The minimum atomic E-state index is -1.19. The minimum absolute atomic E-state index is 0.00510. The highest BCUT2D eigenvalue weighted by atomic mass is 19.1. The number of alkyl halides is 1. The quantitative estimate of drug-likeness (QED) is 0.660. The molecule has 0 aromatic heterocycles. The number of carboxylic acids is 1. The second kappa shape index (κ2) is 11.9. The maximum Gasteiger partial charge on any atom is 0.338 e. The van der Waals surface area contributed by atoms with Crippen molar-refractivity contribution in [1.29, 1.82) is 0 Å². The molecule has 1 aliphatic rings. The van der Waals surface area contributed by atoms with E-state index >= 15 is 0 Å². The molecule has 1 heterocycles. The van der Waals surface area contributed by atoms with Gasteiger partial charge >= 0.3 is 11.9 Å². The van der Waals surface area contributed by atoms with E-state index in [1.54, 1.807) is 43.5 Å². The smallest absolute Gasteiger partial charge is 0.338 e. The SMILES string of the molecule is COc1ccc(C(=O)O)cc1.COc1ccc(C(=O)OCC2CC(F)C(OC)O2)cc1. The lowest BCUT2D eigenvalue weighted by molar-refractivity contribution is -0.141. The second-order valence-electron chi connectivity index (χ2n) is 6.47. The molecule has 0 aliphatic carbocycles. The fourth-order valence-electron chi connectivity index (χ4n) is 2.72. The number of carbonyl (C=O) groups excluding carboxylic acids is 1. The number of rotatable bonds is 7. The van der Waals surface area contributed by atoms with Crippen LogP contribution in [-0.4, -0.2) is 63.5 Å². The number of methoxy groups -OCH3 is 3. The summed E-state index contributed by atoms with van der Waals surface area (Å²) in [5, 5.41) is 8.51. The number of halogens is 1. The minimum Gasteiger partial charge on any atom is -0.497 e. The number of aromatic carboxylic acids is 1. The van der Waals surface area contributed by atoms with Gasteiger partial charge < -0.3 is 28.8 Å². The molecule has 0 spiro atoms. The van der Waals surface area contributed by atoms with Crippen molar-refractivity contribution >= 4 is 11.9 Å². The first kappa shape index (κ1) is 24.1. The van der Waals surface area contributed by atoms with Gasteiger partial charge in [0.1, 0.15) is 18.1 Å². The molecule has 0 amide bonds. The molecule has 8 nitrogen and oxygen atoms in total. The van der Waals surface area contributed by atoms with Crippen LogP contribution in [0.1, 0.15) is 27.1 Å². The third kappa shape index (κ3) is 7.23. The van der Waals surface area contributed by atoms with Crippen molar-refractivity contribution in [2.75, 3.05) is 27.9 Å². The standard InChI is InChI=1S/C14H17FO5.C8H8O3/c1-17-10-5-3-9(4-6-10)13(16)19-8-11-7-12(15)14(18-2)20-11;1-11-7-4-2-6(3-5-7)8(9)10/h3-6,11-12,14H,7-8H2,1-2H3;2-5H,1H3,(H,9,10). The van der Waals surface area contributed by atoms with Gasteiger partial charge in [0.2, 0.25) is 0 Å². The molecule has 1 fully saturated rings. The van der Waals surface area contributed by atoms with Crippen molar-refractivity contribution < 1.29 is 42.8 Å². The molecule has 3 atom stereocenters. The van der Waals surface area contributed by atoms with Gasteiger partial charge in [0, 0.05) is 13.5 Å². The Hall–Kier alpha value is -3.17. The van der Waals surface area contributed by atoms with E-state index in [0.29, 0.717) is 17.1 Å². The molecule has 3 rings (SSSR count). The maximum atomic E-state index is 13.4. The van der Waals surface area contributed by atoms with Gasteiger partial charge in [-0.2, -0.15) is 0 Å². The Morgan fingerprint density at radius 2 is 1.48 bits per heavy atom. The van der Waals surface area contributed by atoms with Gasteiger partial charge in [-0.3, -0.25) is 0 Å². The zero-order chi connectivity index (χ0) is 22.8. The van der Waals surface area contributed by atoms with Crippen molar-refractivity contribution in [3.63, 3.8) is 0 Å². The molecule has 31 heavy (non-hydrogen) atoms. The van der Waals surface area contributed by atoms with Crippen molar-refractivity contribution in [3.05, 3.63) is 59.7 Å². The Morgan fingerprint density at radius 1 is 0.968 bits per heavy atom. The van der Waals surface area contributed by atoms with Crippen LogP contribution in [0.2, 0.25) is 0 Å². The van der Waals surface area contributed by atoms with Gasteiger partial charge in [-0.1, -0.05) is 0 Å². The molecule has 1 N–H and O–H groups in total. The molecule has 1 aliphatic heterocycles. The summed E-state index contributed by atoms with van der Waals surface area (Å²) in [7, 11) is 4.46. The summed E-state index contributed by atoms with van der Waals surface area (Å²) < 4.78 is 38.4. The highest BCUT2D eigenvalue weighted by Crippen LogP contribution is 2.24. The number of carboxylic acid groups (broad SMARTS) is 1. The summed E-state index contributed by atoms with van der Waals surface area (Å²) in [5.41, 5.74) is 0.676. The van der Waals surface area contributed by atoms with Crippen molar-refractivity contribution in [1.82, 2.24) is 0 Å². The number of hydrogen-bond acceptors (Lipinski definition) is 7. The highest BCUT2D eigenvalue weighted by molar-refractivity contribution is 5.89. The molecule has 1 saturated heterocycles. The van der Waals surface area contributed by atoms with Crippen LogP contribution >= 0.6 is 0 Å². The maximum absolute atomic E-state index is 13.4. The van der Waals surface area contributed by atoms with Gasteiger partial charge in [0.15, 0.2) is 12.5 Å². The molecule has 168 valence electrons. The summed E-state index contributed by atoms with van der Waals surface area (Å²) in [5.74, 6) is -0.0842. The second-order valence-corrected chi connectivity index (χ2v) is 6.47. The zero-order valence-corrected chi connectivity index (χ0v) is 17.4. The van der Waals surface area contributed by atoms with E-state index in [-0.39, 0.29) is 18.6 Å². The summed E-state index contributed by atoms with van der Waals surface area (Å²) in [6, 6.07) is 12.8. The predicted molar refractivity (Wildman–Crippen MR) is 108 cm³/mol. The third-order valence-corrected chi connectivity index (χ3v) is 4.41. The molecule has 3 unspecified atom stereocenters. The largest absolute Gasteiger partial charge is 0.497 e. The van der Waals surface area contributed by atoms with E-state index in [4.69, 9.17) is 28.8 Å². The van der Waals surface area contributed by atoms with Crippen molar-refractivity contribution in [2.24, 2.45) is 0 Å².